The van der Waals surface area contributed by atoms with Crippen LogP contribution in [0.4, 0.5) is 0 Å². The van der Waals surface area contributed by atoms with Gasteiger partial charge in [-0.1, -0.05) is 5.11 Å². The average Bonchev–Trinajstić information content (AvgIpc) is 2.15. The van der Waals surface area contributed by atoms with Gasteiger partial charge in [0.25, 0.3) is 0 Å². The normalized spacial score (nSPS) is 9.00. The molecule has 0 aliphatic heterocycles. The van der Waals surface area contributed by atoms with Crippen LogP contribution in [0.2, 0.25) is 0 Å². The van der Waals surface area contributed by atoms with Crippen molar-refractivity contribution in [3.63, 3.8) is 0 Å². The van der Waals surface area contributed by atoms with E-state index in [1.807, 2.05) is 0 Å². The van der Waals surface area contributed by atoms with Crippen LogP contribution in [0.5, 0.6) is 5.75 Å². The van der Waals surface area contributed by atoms with E-state index in [1.54, 1.807) is 0 Å². The Labute approximate surface area is 73.4 Å². The Morgan fingerprint density at radius 3 is 3.08 bits per heavy atom. The Kier molecular flexibility index (Phi) is 2.94. The number of rotatable bonds is 3. The Hall–Kier alpha value is -1.94. The van der Waals surface area contributed by atoms with Gasteiger partial charge in [-0.05, 0) is 5.53 Å². The van der Waals surface area contributed by atoms with E-state index < -0.39 is 0 Å². The summed E-state index contributed by atoms with van der Waals surface area (Å²) in [5, 5.41) is 3.25. The van der Waals surface area contributed by atoms with Crippen LogP contribution in [0.3, 0.4) is 0 Å². The monoisotopic (exact) mass is 181 g/mol. The summed E-state index contributed by atoms with van der Waals surface area (Å²) >= 11 is 0. The Balaban J connectivity index is 2.96. The van der Waals surface area contributed by atoms with Crippen LogP contribution >= 0.6 is 0 Å². The van der Waals surface area contributed by atoms with Crippen LogP contribution in [-0.2, 0) is 6.54 Å². The van der Waals surface area contributed by atoms with Crippen LogP contribution in [0.1, 0.15) is 5.76 Å². The first kappa shape index (κ1) is 9.15. The lowest BCUT2D eigenvalue weighted by Crippen LogP contribution is -2.04. The minimum absolute atomic E-state index is 0.0235. The minimum atomic E-state index is -0.295. The highest BCUT2D eigenvalue weighted by Crippen LogP contribution is 2.05. The first-order chi connectivity index (χ1) is 6.27. The van der Waals surface area contributed by atoms with Gasteiger partial charge in [0.05, 0.1) is 13.7 Å². The third-order valence-electron chi connectivity index (χ3n) is 1.36. The van der Waals surface area contributed by atoms with Gasteiger partial charge in [0, 0.05) is 11.0 Å². The first-order valence-corrected chi connectivity index (χ1v) is 3.44. The molecule has 1 aromatic heterocycles. The zero-order chi connectivity index (χ0) is 9.68. The highest BCUT2D eigenvalue weighted by molar-refractivity contribution is 5.17. The molecule has 0 aliphatic carbocycles. The molecule has 1 rings (SSSR count). The molecule has 6 heteroatoms. The topological polar surface area (TPSA) is 88.2 Å². The standard InChI is InChI=1S/C7H7N3O3/c1-12-7-4-13-5(2-6(7)11)3-9-10-8/h2,4H,3H2,1H3. The van der Waals surface area contributed by atoms with Crippen molar-refractivity contribution in [3.05, 3.63) is 38.8 Å². The summed E-state index contributed by atoms with van der Waals surface area (Å²) in [5.41, 5.74) is 7.72. The second kappa shape index (κ2) is 4.18. The number of ether oxygens (including phenoxy) is 1. The lowest BCUT2D eigenvalue weighted by molar-refractivity contribution is 0.379. The molecule has 0 atom stereocenters. The molecule has 0 spiro atoms. The van der Waals surface area contributed by atoms with Crippen molar-refractivity contribution in [2.75, 3.05) is 7.11 Å². The van der Waals surface area contributed by atoms with Gasteiger partial charge in [-0.2, -0.15) is 0 Å². The molecular weight excluding hydrogens is 174 g/mol. The Bertz CT molecular complexity index is 392. The predicted octanol–water partition coefficient (Wildman–Crippen LogP) is 1.46. The maximum atomic E-state index is 11.1. The quantitative estimate of drug-likeness (QED) is 0.401. The fourth-order valence-electron chi connectivity index (χ4n) is 0.772. The second-order valence-electron chi connectivity index (χ2n) is 2.17. The molecule has 0 aromatic carbocycles. The maximum Gasteiger partial charge on any atom is 0.226 e. The van der Waals surface area contributed by atoms with Gasteiger partial charge < -0.3 is 9.15 Å². The highest BCUT2D eigenvalue weighted by Gasteiger charge is 2.01. The van der Waals surface area contributed by atoms with E-state index in [4.69, 9.17) is 14.7 Å². The Morgan fingerprint density at radius 1 is 1.77 bits per heavy atom. The van der Waals surface area contributed by atoms with E-state index in [2.05, 4.69) is 10.0 Å². The van der Waals surface area contributed by atoms with E-state index in [9.17, 15) is 4.79 Å². The van der Waals surface area contributed by atoms with E-state index in [-0.39, 0.29) is 17.7 Å². The number of nitrogens with zero attached hydrogens (tertiary/aromatic N) is 3. The van der Waals surface area contributed by atoms with Crippen LogP contribution in [0.25, 0.3) is 10.4 Å². The SMILES string of the molecule is COc1coc(CN=[N+]=[N-])cc1=O. The van der Waals surface area contributed by atoms with Crippen molar-refractivity contribution in [3.8, 4) is 5.75 Å². The number of azide groups is 1. The molecule has 13 heavy (non-hydrogen) atoms. The number of hydrogen-bond acceptors (Lipinski definition) is 4. The van der Waals surface area contributed by atoms with Crippen LogP contribution in [0, 0.1) is 0 Å². The zero-order valence-corrected chi connectivity index (χ0v) is 6.93. The van der Waals surface area contributed by atoms with Gasteiger partial charge in [-0.3, -0.25) is 4.79 Å². The minimum Gasteiger partial charge on any atom is -0.490 e. The van der Waals surface area contributed by atoms with Crippen LogP contribution in [-0.4, -0.2) is 7.11 Å². The lowest BCUT2D eigenvalue weighted by atomic mass is 10.4. The molecule has 0 saturated carbocycles. The first-order valence-electron chi connectivity index (χ1n) is 3.44. The molecule has 0 fully saturated rings. The van der Waals surface area contributed by atoms with Gasteiger partial charge >= 0.3 is 0 Å². The zero-order valence-electron chi connectivity index (χ0n) is 6.93. The van der Waals surface area contributed by atoms with Crippen molar-refractivity contribution in [2.24, 2.45) is 5.11 Å². The second-order valence-corrected chi connectivity index (χ2v) is 2.17. The van der Waals surface area contributed by atoms with E-state index in [0.717, 1.165) is 0 Å². The smallest absolute Gasteiger partial charge is 0.226 e. The van der Waals surface area contributed by atoms with Gasteiger partial charge in [0.15, 0.2) is 0 Å². The van der Waals surface area contributed by atoms with Gasteiger partial charge in [0.1, 0.15) is 12.0 Å². The molecule has 0 saturated heterocycles. The van der Waals surface area contributed by atoms with E-state index in [0.29, 0.717) is 5.76 Å². The number of methoxy groups -OCH3 is 1. The van der Waals surface area contributed by atoms with E-state index >= 15 is 0 Å². The third-order valence-corrected chi connectivity index (χ3v) is 1.36. The summed E-state index contributed by atoms with van der Waals surface area (Å²) < 4.78 is 9.64. The van der Waals surface area contributed by atoms with Crippen molar-refractivity contribution >= 4 is 0 Å². The van der Waals surface area contributed by atoms with E-state index in [1.165, 1.54) is 19.4 Å². The lowest BCUT2D eigenvalue weighted by Gasteiger charge is -1.97. The maximum absolute atomic E-state index is 11.1. The van der Waals surface area contributed by atoms with Crippen molar-refractivity contribution in [1.29, 1.82) is 0 Å². The molecule has 0 bridgehead atoms. The fraction of sp³-hybridized carbons (Fsp3) is 0.286. The Morgan fingerprint density at radius 2 is 2.54 bits per heavy atom. The average molecular weight is 181 g/mol. The fourth-order valence-corrected chi connectivity index (χ4v) is 0.772. The summed E-state index contributed by atoms with van der Waals surface area (Å²) in [7, 11) is 1.37. The van der Waals surface area contributed by atoms with Gasteiger partial charge in [0.2, 0.25) is 11.2 Å². The summed E-state index contributed by atoms with van der Waals surface area (Å²) in [4.78, 5) is 13.6. The number of hydrogen-bond donors (Lipinski definition) is 0. The summed E-state index contributed by atoms with van der Waals surface area (Å²) in [5.74, 6) is 0.438. The van der Waals surface area contributed by atoms with Crippen molar-refractivity contribution in [2.45, 2.75) is 6.54 Å². The molecule has 1 heterocycles. The van der Waals surface area contributed by atoms with Crippen LogP contribution in [0.15, 0.2) is 26.7 Å². The third kappa shape index (κ3) is 2.25. The van der Waals surface area contributed by atoms with Crippen LogP contribution < -0.4 is 10.2 Å². The molecule has 0 amide bonds. The molecule has 1 aromatic rings. The molecule has 0 N–H and O–H groups in total. The molecule has 0 radical (unpaired) electrons. The van der Waals surface area contributed by atoms with Gasteiger partial charge in [-0.25, -0.2) is 0 Å². The highest BCUT2D eigenvalue weighted by atomic mass is 16.5. The van der Waals surface area contributed by atoms with Crippen molar-refractivity contribution < 1.29 is 9.15 Å². The molecule has 0 unspecified atom stereocenters. The predicted molar refractivity (Wildman–Crippen MR) is 44.4 cm³/mol. The van der Waals surface area contributed by atoms with Crippen molar-refractivity contribution in [1.82, 2.24) is 0 Å². The molecule has 0 aliphatic rings. The molecule has 6 nitrogen and oxygen atoms in total. The largest absolute Gasteiger partial charge is 0.490 e. The van der Waals surface area contributed by atoms with Gasteiger partial charge in [-0.15, -0.1) is 0 Å². The summed E-state index contributed by atoms with van der Waals surface area (Å²) in [6, 6.07) is 1.23. The summed E-state index contributed by atoms with van der Waals surface area (Å²) in [6.45, 7) is 0.0235. The summed E-state index contributed by atoms with van der Waals surface area (Å²) in [6.07, 6.45) is 1.19. The molecular formula is C7H7N3O3. The molecule has 68 valence electrons.